The van der Waals surface area contributed by atoms with E-state index in [0.717, 1.165) is 6.20 Å². The molecule has 1 aliphatic carbocycles. The first-order valence-electron chi connectivity index (χ1n) is 5.91. The highest BCUT2D eigenvalue weighted by molar-refractivity contribution is 5.73. The predicted molar refractivity (Wildman–Crippen MR) is 65.6 cm³/mol. The van der Waals surface area contributed by atoms with Crippen LogP contribution in [0.4, 0.5) is 18.9 Å². The number of aromatic nitrogens is 1. The van der Waals surface area contributed by atoms with Gasteiger partial charge >= 0.3 is 6.18 Å². The summed E-state index contributed by atoms with van der Waals surface area (Å²) in [5, 5.41) is 10.9. The Labute approximate surface area is 112 Å². The molecular weight excluding hydrogens is 275 g/mol. The summed E-state index contributed by atoms with van der Waals surface area (Å²) in [7, 11) is 0. The summed E-state index contributed by atoms with van der Waals surface area (Å²) >= 11 is 0. The van der Waals surface area contributed by atoms with Crippen molar-refractivity contribution in [1.29, 1.82) is 0 Å². The van der Waals surface area contributed by atoms with Crippen molar-refractivity contribution in [3.63, 3.8) is 0 Å². The standard InChI is InChI=1S/C12H12F3N3O2/c13-12(14,15)8-3-7(4-9(16)5-8)10-1-2-17-6-11(10)18(19)20/h1-2,4,6,8-9H,3,5,16H2/t8-,9+/m0/s1. The molecule has 2 rings (SSSR count). The van der Waals surface area contributed by atoms with Crippen LogP contribution in [0.5, 0.6) is 0 Å². The molecule has 2 N–H and O–H groups in total. The fourth-order valence-corrected chi connectivity index (χ4v) is 2.32. The van der Waals surface area contributed by atoms with Crippen LogP contribution in [0.25, 0.3) is 5.57 Å². The summed E-state index contributed by atoms with van der Waals surface area (Å²) in [5.74, 6) is -1.58. The Bertz CT molecular complexity index is 557. The smallest absolute Gasteiger partial charge is 0.324 e. The van der Waals surface area contributed by atoms with Crippen molar-refractivity contribution in [2.45, 2.75) is 25.1 Å². The lowest BCUT2D eigenvalue weighted by molar-refractivity contribution is -0.385. The molecule has 0 radical (unpaired) electrons. The Morgan fingerprint density at radius 1 is 1.45 bits per heavy atom. The van der Waals surface area contributed by atoms with E-state index in [4.69, 9.17) is 5.73 Å². The van der Waals surface area contributed by atoms with E-state index in [1.165, 1.54) is 18.3 Å². The lowest BCUT2D eigenvalue weighted by atomic mass is 9.83. The molecule has 1 aliphatic rings. The van der Waals surface area contributed by atoms with Crippen molar-refractivity contribution < 1.29 is 18.1 Å². The fraction of sp³-hybridized carbons (Fsp3) is 0.417. The number of alkyl halides is 3. The van der Waals surface area contributed by atoms with Gasteiger partial charge in [0.25, 0.3) is 5.69 Å². The number of halogens is 3. The molecule has 8 heteroatoms. The monoisotopic (exact) mass is 287 g/mol. The Kier molecular flexibility index (Phi) is 3.76. The number of rotatable bonds is 2. The number of pyridine rings is 1. The minimum absolute atomic E-state index is 0.148. The molecule has 1 aromatic rings. The van der Waals surface area contributed by atoms with Crippen molar-refractivity contribution in [1.82, 2.24) is 4.98 Å². The van der Waals surface area contributed by atoms with E-state index in [2.05, 4.69) is 4.98 Å². The molecule has 0 aromatic carbocycles. The Hall–Kier alpha value is -1.96. The van der Waals surface area contributed by atoms with Gasteiger partial charge < -0.3 is 5.73 Å². The van der Waals surface area contributed by atoms with E-state index in [0.29, 0.717) is 0 Å². The van der Waals surface area contributed by atoms with Gasteiger partial charge in [0.1, 0.15) is 6.20 Å². The van der Waals surface area contributed by atoms with Crippen LogP contribution in [0.2, 0.25) is 0 Å². The van der Waals surface area contributed by atoms with E-state index in [-0.39, 0.29) is 29.7 Å². The topological polar surface area (TPSA) is 82.0 Å². The molecule has 0 aliphatic heterocycles. The van der Waals surface area contributed by atoms with E-state index >= 15 is 0 Å². The Morgan fingerprint density at radius 3 is 2.75 bits per heavy atom. The van der Waals surface area contributed by atoms with Crippen LogP contribution in [0, 0.1) is 16.0 Å². The summed E-state index contributed by atoms with van der Waals surface area (Å²) in [6.07, 6.45) is -1.07. The molecular formula is C12H12F3N3O2. The van der Waals surface area contributed by atoms with E-state index in [1.807, 2.05) is 0 Å². The molecule has 0 unspecified atom stereocenters. The minimum atomic E-state index is -4.36. The van der Waals surface area contributed by atoms with Crippen molar-refractivity contribution in [2.24, 2.45) is 11.7 Å². The summed E-state index contributed by atoms with van der Waals surface area (Å²) in [4.78, 5) is 13.9. The van der Waals surface area contributed by atoms with Gasteiger partial charge in [-0.15, -0.1) is 0 Å². The lowest BCUT2D eigenvalue weighted by Gasteiger charge is -2.28. The molecule has 0 saturated carbocycles. The zero-order valence-electron chi connectivity index (χ0n) is 10.3. The Morgan fingerprint density at radius 2 is 2.15 bits per heavy atom. The van der Waals surface area contributed by atoms with Crippen LogP contribution in [0.1, 0.15) is 18.4 Å². The van der Waals surface area contributed by atoms with Crippen LogP contribution in [0.3, 0.4) is 0 Å². The molecule has 1 heterocycles. The zero-order chi connectivity index (χ0) is 14.9. The number of nitrogens with two attached hydrogens (primary N) is 1. The van der Waals surface area contributed by atoms with Crippen molar-refractivity contribution in [3.05, 3.63) is 40.2 Å². The average molecular weight is 287 g/mol. The minimum Gasteiger partial charge on any atom is -0.324 e. The van der Waals surface area contributed by atoms with Gasteiger partial charge in [-0.2, -0.15) is 13.2 Å². The molecule has 0 saturated heterocycles. The van der Waals surface area contributed by atoms with Crippen molar-refractivity contribution in [2.75, 3.05) is 0 Å². The van der Waals surface area contributed by atoms with Crippen LogP contribution >= 0.6 is 0 Å². The third-order valence-electron chi connectivity index (χ3n) is 3.24. The second-order valence-corrected chi connectivity index (χ2v) is 4.68. The molecule has 20 heavy (non-hydrogen) atoms. The van der Waals surface area contributed by atoms with E-state index < -0.39 is 23.1 Å². The lowest BCUT2D eigenvalue weighted by Crippen LogP contribution is -2.33. The second kappa shape index (κ2) is 5.20. The third-order valence-corrected chi connectivity index (χ3v) is 3.24. The quantitative estimate of drug-likeness (QED) is 0.669. The summed E-state index contributed by atoms with van der Waals surface area (Å²) < 4.78 is 38.5. The van der Waals surface area contributed by atoms with Gasteiger partial charge in [-0.3, -0.25) is 15.1 Å². The molecule has 5 nitrogen and oxygen atoms in total. The highest BCUT2D eigenvalue weighted by Crippen LogP contribution is 2.41. The van der Waals surface area contributed by atoms with Crippen LogP contribution in [0.15, 0.2) is 24.5 Å². The van der Waals surface area contributed by atoms with Gasteiger partial charge in [0.05, 0.1) is 16.4 Å². The molecule has 0 fully saturated rings. The van der Waals surface area contributed by atoms with Crippen LogP contribution in [-0.2, 0) is 0 Å². The third kappa shape index (κ3) is 2.96. The summed E-state index contributed by atoms with van der Waals surface area (Å²) in [6, 6.07) is 0.577. The largest absolute Gasteiger partial charge is 0.392 e. The van der Waals surface area contributed by atoms with Gasteiger partial charge in [0, 0.05) is 12.2 Å². The van der Waals surface area contributed by atoms with Crippen molar-refractivity contribution in [3.8, 4) is 0 Å². The Balaban J connectivity index is 2.40. The van der Waals surface area contributed by atoms with Crippen LogP contribution < -0.4 is 5.73 Å². The average Bonchev–Trinajstić information content (AvgIpc) is 2.37. The molecule has 0 bridgehead atoms. The maximum absolute atomic E-state index is 12.8. The number of hydrogen-bond acceptors (Lipinski definition) is 4. The van der Waals surface area contributed by atoms with Gasteiger partial charge in [0.15, 0.2) is 0 Å². The summed E-state index contributed by atoms with van der Waals surface area (Å²) in [5.41, 5.74) is 5.70. The summed E-state index contributed by atoms with van der Waals surface area (Å²) in [6.45, 7) is 0. The highest BCUT2D eigenvalue weighted by Gasteiger charge is 2.42. The van der Waals surface area contributed by atoms with Gasteiger partial charge in [0.2, 0.25) is 0 Å². The predicted octanol–water partition coefficient (Wildman–Crippen LogP) is 2.67. The first kappa shape index (κ1) is 14.4. The van der Waals surface area contributed by atoms with Gasteiger partial charge in [-0.05, 0) is 24.5 Å². The number of allylic oxidation sites excluding steroid dienone is 1. The highest BCUT2D eigenvalue weighted by atomic mass is 19.4. The number of hydrogen-bond donors (Lipinski definition) is 1. The van der Waals surface area contributed by atoms with E-state index in [1.54, 1.807) is 0 Å². The number of nitrogens with zero attached hydrogens (tertiary/aromatic N) is 2. The van der Waals surface area contributed by atoms with E-state index in [9.17, 15) is 23.3 Å². The van der Waals surface area contributed by atoms with Gasteiger partial charge in [-0.25, -0.2) is 0 Å². The van der Waals surface area contributed by atoms with Crippen molar-refractivity contribution >= 4 is 11.3 Å². The maximum atomic E-state index is 12.8. The molecule has 0 spiro atoms. The number of nitro groups is 1. The molecule has 0 amide bonds. The van der Waals surface area contributed by atoms with Gasteiger partial charge in [-0.1, -0.05) is 6.08 Å². The fourth-order valence-electron chi connectivity index (χ4n) is 2.32. The molecule has 2 atom stereocenters. The zero-order valence-corrected chi connectivity index (χ0v) is 10.3. The normalized spacial score (nSPS) is 23.3. The second-order valence-electron chi connectivity index (χ2n) is 4.68. The first-order valence-corrected chi connectivity index (χ1v) is 5.91. The molecule has 1 aromatic heterocycles. The molecule has 108 valence electrons. The van der Waals surface area contributed by atoms with Crippen LogP contribution in [-0.4, -0.2) is 22.1 Å². The SMILES string of the molecule is N[C@@H]1C=C(c2ccncc2[N+](=O)[O-])C[C@H](C(F)(F)F)C1. The maximum Gasteiger partial charge on any atom is 0.392 e. The first-order chi connectivity index (χ1) is 9.29.